The van der Waals surface area contributed by atoms with Crippen molar-refractivity contribution >= 4 is 23.6 Å². The van der Waals surface area contributed by atoms with Crippen LogP contribution in [0.3, 0.4) is 0 Å². The first-order valence-corrected chi connectivity index (χ1v) is 7.59. The molecule has 0 aromatic heterocycles. The molecule has 0 radical (unpaired) electrons. The van der Waals surface area contributed by atoms with E-state index in [1.54, 1.807) is 16.7 Å². The van der Waals surface area contributed by atoms with E-state index in [0.29, 0.717) is 18.2 Å². The van der Waals surface area contributed by atoms with Gasteiger partial charge in [-0.3, -0.25) is 4.79 Å². The third kappa shape index (κ3) is 2.98. The van der Waals surface area contributed by atoms with Gasteiger partial charge in [0.1, 0.15) is 6.04 Å². The molecule has 2 N–H and O–H groups in total. The Bertz CT molecular complexity index is 337. The predicted molar refractivity (Wildman–Crippen MR) is 70.7 cm³/mol. The van der Waals surface area contributed by atoms with Gasteiger partial charge >= 0.3 is 5.97 Å². The molecule has 3 unspecified atom stereocenters. The van der Waals surface area contributed by atoms with Crippen LogP contribution in [0.4, 0.5) is 0 Å². The summed E-state index contributed by atoms with van der Waals surface area (Å²) < 4.78 is 0. The normalized spacial score (nSPS) is 33.2. The van der Waals surface area contributed by atoms with Crippen LogP contribution in [0.2, 0.25) is 0 Å². The summed E-state index contributed by atoms with van der Waals surface area (Å²) in [4.78, 5) is 25.1. The lowest BCUT2D eigenvalue weighted by atomic mass is 9.93. The summed E-state index contributed by atoms with van der Waals surface area (Å²) in [5.41, 5.74) is 0. The molecular weight excluding hydrogens is 252 g/mol. The molecule has 0 aromatic rings. The monoisotopic (exact) mass is 272 g/mol. The van der Waals surface area contributed by atoms with E-state index in [2.05, 4.69) is 12.2 Å². The molecule has 2 rings (SSSR count). The van der Waals surface area contributed by atoms with Crippen LogP contribution in [0.1, 0.15) is 19.8 Å². The molecule has 0 saturated carbocycles. The van der Waals surface area contributed by atoms with Gasteiger partial charge in [-0.1, -0.05) is 6.92 Å². The van der Waals surface area contributed by atoms with Crippen molar-refractivity contribution in [1.29, 1.82) is 0 Å². The third-order valence-electron chi connectivity index (χ3n) is 3.66. The maximum absolute atomic E-state index is 12.4. The van der Waals surface area contributed by atoms with Crippen LogP contribution in [-0.2, 0) is 9.59 Å². The van der Waals surface area contributed by atoms with Gasteiger partial charge in [-0.2, -0.15) is 11.8 Å². The van der Waals surface area contributed by atoms with Crippen LogP contribution in [0.25, 0.3) is 0 Å². The highest BCUT2D eigenvalue weighted by molar-refractivity contribution is 7.99. The van der Waals surface area contributed by atoms with Gasteiger partial charge in [0.2, 0.25) is 5.91 Å². The highest BCUT2D eigenvalue weighted by atomic mass is 32.2. The Labute approximate surface area is 111 Å². The largest absolute Gasteiger partial charge is 0.480 e. The lowest BCUT2D eigenvalue weighted by Gasteiger charge is -2.37. The van der Waals surface area contributed by atoms with E-state index in [9.17, 15) is 14.7 Å². The fourth-order valence-corrected chi connectivity index (χ4v) is 3.61. The second-order valence-electron chi connectivity index (χ2n) is 5.10. The number of carbonyl (C=O) groups excluding carboxylic acids is 1. The van der Waals surface area contributed by atoms with Crippen molar-refractivity contribution in [3.8, 4) is 0 Å². The van der Waals surface area contributed by atoms with Gasteiger partial charge in [0.05, 0.1) is 6.04 Å². The molecule has 6 heteroatoms. The first kappa shape index (κ1) is 13.7. The van der Waals surface area contributed by atoms with Crippen LogP contribution in [0, 0.1) is 5.92 Å². The van der Waals surface area contributed by atoms with Gasteiger partial charge in [-0.05, 0) is 25.3 Å². The van der Waals surface area contributed by atoms with Crippen molar-refractivity contribution in [2.24, 2.45) is 5.92 Å². The maximum Gasteiger partial charge on any atom is 0.327 e. The zero-order chi connectivity index (χ0) is 13.1. The molecule has 18 heavy (non-hydrogen) atoms. The lowest BCUT2D eigenvalue weighted by molar-refractivity contribution is -0.150. The minimum atomic E-state index is -0.889. The topological polar surface area (TPSA) is 69.6 Å². The molecular formula is C12H20N2O3S. The predicted octanol–water partition coefficient (Wildman–Crippen LogP) is 0.403. The SMILES string of the molecule is CC1CCNC(C(=O)N2CCSCC2C(=O)O)C1. The molecule has 102 valence electrons. The van der Waals surface area contributed by atoms with Crippen molar-refractivity contribution in [2.45, 2.75) is 31.8 Å². The molecule has 2 aliphatic rings. The molecule has 0 aliphatic carbocycles. The van der Waals surface area contributed by atoms with Crippen LogP contribution in [0.5, 0.6) is 0 Å². The van der Waals surface area contributed by atoms with Gasteiger partial charge in [0.25, 0.3) is 0 Å². The molecule has 1 amide bonds. The van der Waals surface area contributed by atoms with Crippen molar-refractivity contribution in [3.05, 3.63) is 0 Å². The Morgan fingerprint density at radius 2 is 2.22 bits per heavy atom. The Morgan fingerprint density at radius 1 is 1.44 bits per heavy atom. The minimum Gasteiger partial charge on any atom is -0.480 e. The van der Waals surface area contributed by atoms with E-state index < -0.39 is 12.0 Å². The summed E-state index contributed by atoms with van der Waals surface area (Å²) in [5.74, 6) is 0.942. The lowest BCUT2D eigenvalue weighted by Crippen LogP contribution is -2.57. The number of piperidine rings is 1. The highest BCUT2D eigenvalue weighted by Gasteiger charge is 2.36. The molecule has 0 bridgehead atoms. The molecule has 2 saturated heterocycles. The maximum atomic E-state index is 12.4. The third-order valence-corrected chi connectivity index (χ3v) is 4.68. The number of hydrogen-bond acceptors (Lipinski definition) is 4. The average Bonchev–Trinajstić information content (AvgIpc) is 2.38. The van der Waals surface area contributed by atoms with Crippen molar-refractivity contribution in [2.75, 3.05) is 24.6 Å². The van der Waals surface area contributed by atoms with Gasteiger partial charge in [0.15, 0.2) is 0 Å². The molecule has 2 aliphatic heterocycles. The van der Waals surface area contributed by atoms with Gasteiger partial charge in [0, 0.05) is 18.1 Å². The summed E-state index contributed by atoms with van der Waals surface area (Å²) in [6.07, 6.45) is 1.90. The average molecular weight is 272 g/mol. The molecule has 2 fully saturated rings. The van der Waals surface area contributed by atoms with Crippen LogP contribution in [-0.4, -0.2) is 58.6 Å². The summed E-state index contributed by atoms with van der Waals surface area (Å²) >= 11 is 1.60. The van der Waals surface area contributed by atoms with E-state index in [-0.39, 0.29) is 11.9 Å². The Balaban J connectivity index is 2.03. The van der Waals surface area contributed by atoms with Crippen LogP contribution >= 0.6 is 11.8 Å². The Hall–Kier alpha value is -0.750. The van der Waals surface area contributed by atoms with Crippen molar-refractivity contribution < 1.29 is 14.7 Å². The number of hydrogen-bond donors (Lipinski definition) is 2. The van der Waals surface area contributed by atoms with Crippen LogP contribution in [0.15, 0.2) is 0 Å². The van der Waals surface area contributed by atoms with E-state index in [4.69, 9.17) is 0 Å². The molecule has 5 nitrogen and oxygen atoms in total. The first-order chi connectivity index (χ1) is 8.59. The van der Waals surface area contributed by atoms with Crippen molar-refractivity contribution in [1.82, 2.24) is 10.2 Å². The van der Waals surface area contributed by atoms with E-state index in [0.717, 1.165) is 25.1 Å². The number of carboxylic acids is 1. The van der Waals surface area contributed by atoms with Crippen molar-refractivity contribution in [3.63, 3.8) is 0 Å². The highest BCUT2D eigenvalue weighted by Crippen LogP contribution is 2.21. The van der Waals surface area contributed by atoms with E-state index in [1.165, 1.54) is 0 Å². The quantitative estimate of drug-likeness (QED) is 0.761. The molecule has 0 spiro atoms. The minimum absolute atomic E-state index is 0.0331. The second kappa shape index (κ2) is 5.93. The smallest absolute Gasteiger partial charge is 0.327 e. The zero-order valence-electron chi connectivity index (χ0n) is 10.6. The summed E-state index contributed by atoms with van der Waals surface area (Å²) in [6, 6.07) is -0.853. The number of rotatable bonds is 2. The second-order valence-corrected chi connectivity index (χ2v) is 6.25. The van der Waals surface area contributed by atoms with E-state index in [1.807, 2.05) is 0 Å². The number of amides is 1. The fraction of sp³-hybridized carbons (Fsp3) is 0.833. The van der Waals surface area contributed by atoms with Gasteiger partial charge in [-0.15, -0.1) is 0 Å². The number of thioether (sulfide) groups is 1. The molecule has 3 atom stereocenters. The molecule has 2 heterocycles. The first-order valence-electron chi connectivity index (χ1n) is 6.44. The number of nitrogens with zero attached hydrogens (tertiary/aromatic N) is 1. The van der Waals surface area contributed by atoms with Gasteiger partial charge in [-0.25, -0.2) is 4.79 Å². The van der Waals surface area contributed by atoms with Crippen LogP contribution < -0.4 is 5.32 Å². The Kier molecular flexibility index (Phi) is 4.50. The standard InChI is InChI=1S/C12H20N2O3S/c1-8-2-3-13-9(6-8)11(15)14-4-5-18-7-10(14)12(16)17/h8-10,13H,2-7H2,1H3,(H,16,17). The fourth-order valence-electron chi connectivity index (χ4n) is 2.57. The Morgan fingerprint density at radius 3 is 2.89 bits per heavy atom. The summed E-state index contributed by atoms with van der Waals surface area (Å²) in [7, 11) is 0. The number of carboxylic acid groups (broad SMARTS) is 1. The summed E-state index contributed by atoms with van der Waals surface area (Å²) in [6.45, 7) is 3.53. The van der Waals surface area contributed by atoms with Gasteiger partial charge < -0.3 is 15.3 Å². The van der Waals surface area contributed by atoms with E-state index >= 15 is 0 Å². The molecule has 0 aromatic carbocycles. The summed E-state index contributed by atoms with van der Waals surface area (Å²) in [5, 5.41) is 12.4. The number of carbonyl (C=O) groups is 2. The number of nitrogens with one attached hydrogen (secondary N) is 1. The zero-order valence-corrected chi connectivity index (χ0v) is 11.4. The number of aliphatic carboxylic acids is 1.